The Kier molecular flexibility index (Phi) is 7.42. The van der Waals surface area contributed by atoms with Crippen molar-refractivity contribution in [2.24, 2.45) is 0 Å². The fraction of sp³-hybridized carbons (Fsp3) is 0.360. The minimum absolute atomic E-state index is 0.215. The maximum atomic E-state index is 13.5. The summed E-state index contributed by atoms with van der Waals surface area (Å²) in [6, 6.07) is 11.2. The number of hydrogen-bond donors (Lipinski definition) is 2. The van der Waals surface area contributed by atoms with Gasteiger partial charge in [-0.3, -0.25) is 4.79 Å². The SMILES string of the molecule is CCOC(=O)N1CCc2c(sc(NCc3ccc(C)o3)c2C(=O)Nc2ccccc2OCC)C1. The Hall–Kier alpha value is -3.46. The Bertz CT molecular complexity index is 1170. The number of carbonyl (C=O) groups excluding carboxylic acids is 2. The van der Waals surface area contributed by atoms with Crippen molar-refractivity contribution >= 4 is 34.0 Å². The Morgan fingerprint density at radius 2 is 1.97 bits per heavy atom. The second kappa shape index (κ2) is 10.6. The van der Waals surface area contributed by atoms with Gasteiger partial charge in [-0.25, -0.2) is 4.79 Å². The molecule has 0 saturated heterocycles. The fourth-order valence-electron chi connectivity index (χ4n) is 3.92. The summed E-state index contributed by atoms with van der Waals surface area (Å²) in [6.07, 6.45) is 0.237. The van der Waals surface area contributed by atoms with Gasteiger partial charge in [0.05, 0.1) is 37.6 Å². The van der Waals surface area contributed by atoms with Crippen molar-refractivity contribution in [3.05, 3.63) is 63.9 Å². The second-order valence-electron chi connectivity index (χ2n) is 7.83. The molecule has 0 spiro atoms. The van der Waals surface area contributed by atoms with Crippen LogP contribution in [-0.4, -0.2) is 36.7 Å². The first-order chi connectivity index (χ1) is 16.5. The zero-order chi connectivity index (χ0) is 24.1. The van der Waals surface area contributed by atoms with Gasteiger partial charge < -0.3 is 29.4 Å². The van der Waals surface area contributed by atoms with Crippen LogP contribution in [0.4, 0.5) is 15.5 Å². The van der Waals surface area contributed by atoms with E-state index in [9.17, 15) is 9.59 Å². The molecule has 0 saturated carbocycles. The van der Waals surface area contributed by atoms with E-state index >= 15 is 0 Å². The van der Waals surface area contributed by atoms with E-state index in [2.05, 4.69) is 10.6 Å². The van der Waals surface area contributed by atoms with Gasteiger partial charge in [0, 0.05) is 11.4 Å². The van der Waals surface area contributed by atoms with Crippen LogP contribution in [0.15, 0.2) is 40.8 Å². The van der Waals surface area contributed by atoms with Gasteiger partial charge in [-0.05, 0) is 57.0 Å². The van der Waals surface area contributed by atoms with Crippen LogP contribution in [0.5, 0.6) is 5.75 Å². The lowest BCUT2D eigenvalue weighted by Crippen LogP contribution is -2.36. The summed E-state index contributed by atoms with van der Waals surface area (Å²) >= 11 is 1.49. The van der Waals surface area contributed by atoms with E-state index in [0.717, 1.165) is 27.0 Å². The van der Waals surface area contributed by atoms with Crippen LogP contribution in [0.2, 0.25) is 0 Å². The molecule has 0 atom stereocenters. The molecule has 2 N–H and O–H groups in total. The molecular formula is C25H29N3O5S. The van der Waals surface area contributed by atoms with Crippen LogP contribution in [0.3, 0.4) is 0 Å². The molecule has 4 rings (SSSR count). The Labute approximate surface area is 202 Å². The lowest BCUT2D eigenvalue weighted by atomic mass is 10.0. The Morgan fingerprint density at radius 3 is 2.71 bits per heavy atom. The lowest BCUT2D eigenvalue weighted by Gasteiger charge is -2.26. The van der Waals surface area contributed by atoms with Crippen molar-refractivity contribution in [2.45, 2.75) is 40.3 Å². The lowest BCUT2D eigenvalue weighted by molar-refractivity contribution is 0.102. The number of amides is 2. The number of rotatable bonds is 8. The second-order valence-corrected chi connectivity index (χ2v) is 8.93. The summed E-state index contributed by atoms with van der Waals surface area (Å²) in [6.45, 7) is 7.78. The first kappa shape index (κ1) is 23.7. The van der Waals surface area contributed by atoms with Crippen molar-refractivity contribution in [3.63, 3.8) is 0 Å². The summed E-state index contributed by atoms with van der Waals surface area (Å²) in [5, 5.41) is 7.14. The quantitative estimate of drug-likeness (QED) is 0.444. The maximum absolute atomic E-state index is 13.5. The number of ether oxygens (including phenoxy) is 2. The Morgan fingerprint density at radius 1 is 1.15 bits per heavy atom. The highest BCUT2D eigenvalue weighted by atomic mass is 32.1. The molecule has 1 aliphatic heterocycles. The van der Waals surface area contributed by atoms with Crippen molar-refractivity contribution in [1.29, 1.82) is 0 Å². The largest absolute Gasteiger partial charge is 0.492 e. The molecule has 9 heteroatoms. The molecule has 2 aromatic heterocycles. The summed E-state index contributed by atoms with van der Waals surface area (Å²) in [5.74, 6) is 2.02. The summed E-state index contributed by atoms with van der Waals surface area (Å²) in [5.41, 5.74) is 2.17. The molecule has 1 aliphatic rings. The zero-order valence-corrected chi connectivity index (χ0v) is 20.4. The molecule has 3 aromatic rings. The van der Waals surface area contributed by atoms with Crippen LogP contribution in [0.1, 0.15) is 46.2 Å². The third-order valence-electron chi connectivity index (χ3n) is 5.46. The number of hydrogen-bond acceptors (Lipinski definition) is 7. The third-order valence-corrected chi connectivity index (χ3v) is 6.64. The zero-order valence-electron chi connectivity index (χ0n) is 19.6. The van der Waals surface area contributed by atoms with Gasteiger partial charge in [0.25, 0.3) is 5.91 Å². The number of carbonyl (C=O) groups is 2. The number of aryl methyl sites for hydroxylation is 1. The highest BCUT2D eigenvalue weighted by Crippen LogP contribution is 2.38. The van der Waals surface area contributed by atoms with E-state index in [0.29, 0.717) is 56.3 Å². The first-order valence-electron chi connectivity index (χ1n) is 11.4. The molecule has 180 valence electrons. The van der Waals surface area contributed by atoms with E-state index in [-0.39, 0.29) is 12.0 Å². The number of nitrogens with zero attached hydrogens (tertiary/aromatic N) is 1. The fourth-order valence-corrected chi connectivity index (χ4v) is 5.18. The first-order valence-corrected chi connectivity index (χ1v) is 12.2. The molecule has 0 bridgehead atoms. The van der Waals surface area contributed by atoms with E-state index in [4.69, 9.17) is 13.9 Å². The molecule has 0 fully saturated rings. The molecule has 34 heavy (non-hydrogen) atoms. The van der Waals surface area contributed by atoms with Gasteiger partial charge in [-0.15, -0.1) is 11.3 Å². The number of benzene rings is 1. The molecule has 0 aliphatic carbocycles. The molecule has 0 radical (unpaired) electrons. The van der Waals surface area contributed by atoms with Crippen molar-refractivity contribution < 1.29 is 23.5 Å². The standard InChI is InChI=1S/C25H29N3O5S/c1-4-31-20-9-7-6-8-19(20)27-23(29)22-18-12-13-28(25(30)32-5-2)15-21(18)34-24(22)26-14-17-11-10-16(3)33-17/h6-11,26H,4-5,12-15H2,1-3H3,(H,27,29). The van der Waals surface area contributed by atoms with Crippen LogP contribution in [0, 0.1) is 6.92 Å². The number of fused-ring (bicyclic) bond motifs is 1. The van der Waals surface area contributed by atoms with Gasteiger partial charge in [0.2, 0.25) is 0 Å². The monoisotopic (exact) mass is 483 g/mol. The predicted molar refractivity (Wildman–Crippen MR) is 132 cm³/mol. The highest BCUT2D eigenvalue weighted by Gasteiger charge is 2.30. The number of thiophene rings is 1. The van der Waals surface area contributed by atoms with Gasteiger partial charge in [-0.1, -0.05) is 12.1 Å². The number of anilines is 2. The van der Waals surface area contributed by atoms with Crippen molar-refractivity contribution in [1.82, 2.24) is 4.90 Å². The maximum Gasteiger partial charge on any atom is 0.410 e. The van der Waals surface area contributed by atoms with Crippen LogP contribution >= 0.6 is 11.3 Å². The van der Waals surface area contributed by atoms with E-state index in [1.807, 2.05) is 50.2 Å². The van der Waals surface area contributed by atoms with Crippen molar-refractivity contribution in [3.8, 4) is 5.75 Å². The number of furan rings is 1. The van der Waals surface area contributed by atoms with Crippen LogP contribution < -0.4 is 15.4 Å². The molecule has 1 aromatic carbocycles. The molecule has 2 amide bonds. The summed E-state index contributed by atoms with van der Waals surface area (Å²) in [4.78, 5) is 28.5. The minimum atomic E-state index is -0.334. The molecule has 0 unspecified atom stereocenters. The topological polar surface area (TPSA) is 93.0 Å². The van der Waals surface area contributed by atoms with Gasteiger partial charge in [0.1, 0.15) is 22.3 Å². The number of nitrogens with one attached hydrogen (secondary N) is 2. The van der Waals surface area contributed by atoms with E-state index in [1.54, 1.807) is 11.8 Å². The third kappa shape index (κ3) is 5.20. The van der Waals surface area contributed by atoms with E-state index < -0.39 is 0 Å². The number of para-hydroxylation sites is 2. The van der Waals surface area contributed by atoms with Crippen LogP contribution in [-0.2, 0) is 24.2 Å². The van der Waals surface area contributed by atoms with Crippen LogP contribution in [0.25, 0.3) is 0 Å². The normalized spacial score (nSPS) is 12.7. The molecule has 3 heterocycles. The minimum Gasteiger partial charge on any atom is -0.492 e. The molecular weight excluding hydrogens is 454 g/mol. The van der Waals surface area contributed by atoms with E-state index in [1.165, 1.54) is 11.3 Å². The van der Waals surface area contributed by atoms with Crippen molar-refractivity contribution in [2.75, 3.05) is 30.4 Å². The molecule has 8 nitrogen and oxygen atoms in total. The summed E-state index contributed by atoms with van der Waals surface area (Å²) < 4.78 is 16.5. The predicted octanol–water partition coefficient (Wildman–Crippen LogP) is 5.43. The highest BCUT2D eigenvalue weighted by molar-refractivity contribution is 7.16. The summed E-state index contributed by atoms with van der Waals surface area (Å²) in [7, 11) is 0. The van der Waals surface area contributed by atoms with Gasteiger partial charge in [0.15, 0.2) is 0 Å². The Balaban J connectivity index is 1.62. The average Bonchev–Trinajstić information content (AvgIpc) is 3.41. The van der Waals surface area contributed by atoms with Gasteiger partial charge in [-0.2, -0.15) is 0 Å². The van der Waals surface area contributed by atoms with Gasteiger partial charge >= 0.3 is 6.09 Å². The smallest absolute Gasteiger partial charge is 0.410 e. The average molecular weight is 484 g/mol.